The number of halogens is 1. The van der Waals surface area contributed by atoms with E-state index in [9.17, 15) is 0 Å². The van der Waals surface area contributed by atoms with Crippen molar-refractivity contribution in [1.29, 1.82) is 0 Å². The minimum Gasteiger partial charge on any atom is -0.486 e. The van der Waals surface area contributed by atoms with Crippen molar-refractivity contribution in [2.75, 3.05) is 6.61 Å². The molecule has 1 aliphatic heterocycles. The van der Waals surface area contributed by atoms with E-state index in [-0.39, 0.29) is 16.9 Å². The van der Waals surface area contributed by atoms with E-state index in [0.29, 0.717) is 6.61 Å². The average Bonchev–Trinajstić information content (AvgIpc) is 2.96. The molecule has 0 bridgehead atoms. The van der Waals surface area contributed by atoms with E-state index in [0.717, 1.165) is 16.4 Å². The third kappa shape index (κ3) is 3.04. The fraction of sp³-hybridized carbons (Fsp3) is 0.412. The van der Waals surface area contributed by atoms with Gasteiger partial charge in [-0.15, -0.1) is 22.9 Å². The molecule has 1 aromatic heterocycles. The topological polar surface area (TPSA) is 18.5 Å². The Morgan fingerprint density at radius 3 is 2.52 bits per heavy atom. The zero-order valence-corrected chi connectivity index (χ0v) is 14.0. The van der Waals surface area contributed by atoms with Gasteiger partial charge in [-0.05, 0) is 29.7 Å². The minimum absolute atomic E-state index is 0.149. The van der Waals surface area contributed by atoms with Crippen molar-refractivity contribution in [2.45, 2.75) is 37.7 Å². The first-order valence-electron chi connectivity index (χ1n) is 7.08. The number of alkyl halides is 1. The molecule has 2 nitrogen and oxygen atoms in total. The number of hydrogen-bond donors (Lipinski definition) is 0. The lowest BCUT2D eigenvalue weighted by Gasteiger charge is -2.29. The largest absolute Gasteiger partial charge is 0.486 e. The van der Waals surface area contributed by atoms with Crippen LogP contribution in [-0.4, -0.2) is 12.7 Å². The molecule has 0 saturated carbocycles. The second-order valence-corrected chi connectivity index (χ2v) is 7.85. The molecule has 0 aliphatic carbocycles. The number of hydrogen-bond acceptors (Lipinski definition) is 3. The highest BCUT2D eigenvalue weighted by atomic mass is 35.5. The standard InChI is InChI=1S/C17H19ClO2S/c1-17(2,3)15-9-8-14(21-15)16(18)13-10-19-11-6-4-5-7-12(11)20-13/h4-9,13,16H,10H2,1-3H3. The van der Waals surface area contributed by atoms with Crippen LogP contribution in [0.15, 0.2) is 36.4 Å². The fourth-order valence-electron chi connectivity index (χ4n) is 2.27. The maximum atomic E-state index is 6.62. The van der Waals surface area contributed by atoms with Gasteiger partial charge in [0.25, 0.3) is 0 Å². The summed E-state index contributed by atoms with van der Waals surface area (Å²) < 4.78 is 11.7. The molecule has 2 unspecified atom stereocenters. The van der Waals surface area contributed by atoms with Gasteiger partial charge in [-0.1, -0.05) is 32.9 Å². The summed E-state index contributed by atoms with van der Waals surface area (Å²) >= 11 is 8.38. The summed E-state index contributed by atoms with van der Waals surface area (Å²) in [7, 11) is 0. The molecule has 4 heteroatoms. The number of fused-ring (bicyclic) bond motifs is 1. The van der Waals surface area contributed by atoms with Crippen LogP contribution in [0.3, 0.4) is 0 Å². The second kappa shape index (κ2) is 5.54. The van der Waals surface area contributed by atoms with Gasteiger partial charge in [-0.3, -0.25) is 0 Å². The van der Waals surface area contributed by atoms with E-state index >= 15 is 0 Å². The van der Waals surface area contributed by atoms with Crippen LogP contribution in [0.4, 0.5) is 0 Å². The zero-order chi connectivity index (χ0) is 15.0. The minimum atomic E-state index is -0.195. The first kappa shape index (κ1) is 14.7. The van der Waals surface area contributed by atoms with Crippen LogP contribution in [0.2, 0.25) is 0 Å². The SMILES string of the molecule is CC(C)(C)c1ccc(C(Cl)C2COc3ccccc3O2)s1. The van der Waals surface area contributed by atoms with E-state index < -0.39 is 0 Å². The summed E-state index contributed by atoms with van der Waals surface area (Å²) in [5.74, 6) is 1.56. The predicted molar refractivity (Wildman–Crippen MR) is 88.0 cm³/mol. The molecular weight excluding hydrogens is 304 g/mol. The third-order valence-corrected chi connectivity index (χ3v) is 5.73. The monoisotopic (exact) mass is 322 g/mol. The van der Waals surface area contributed by atoms with E-state index in [4.69, 9.17) is 21.1 Å². The lowest BCUT2D eigenvalue weighted by molar-refractivity contribution is 0.0883. The van der Waals surface area contributed by atoms with Crippen molar-refractivity contribution in [3.05, 3.63) is 46.2 Å². The van der Waals surface area contributed by atoms with Crippen molar-refractivity contribution in [3.8, 4) is 11.5 Å². The summed E-state index contributed by atoms with van der Waals surface area (Å²) in [6.07, 6.45) is -0.159. The smallest absolute Gasteiger partial charge is 0.161 e. The molecule has 0 fully saturated rings. The molecule has 2 heterocycles. The molecule has 0 N–H and O–H groups in total. The summed E-state index contributed by atoms with van der Waals surface area (Å²) in [4.78, 5) is 2.47. The Bertz CT molecular complexity index is 630. The number of para-hydroxylation sites is 2. The quantitative estimate of drug-likeness (QED) is 0.710. The Morgan fingerprint density at radius 1 is 1.14 bits per heavy atom. The van der Waals surface area contributed by atoms with Gasteiger partial charge in [-0.25, -0.2) is 0 Å². The van der Waals surface area contributed by atoms with Crippen molar-refractivity contribution in [2.24, 2.45) is 0 Å². The van der Waals surface area contributed by atoms with Crippen LogP contribution in [0.5, 0.6) is 11.5 Å². The molecule has 21 heavy (non-hydrogen) atoms. The molecule has 0 saturated heterocycles. The van der Waals surface area contributed by atoms with Gasteiger partial charge in [-0.2, -0.15) is 0 Å². The number of rotatable bonds is 2. The molecule has 1 aromatic carbocycles. The normalized spacial score (nSPS) is 19.3. The highest BCUT2D eigenvalue weighted by Gasteiger charge is 2.30. The molecular formula is C17H19ClO2S. The highest BCUT2D eigenvalue weighted by molar-refractivity contribution is 7.12. The average molecular weight is 323 g/mol. The summed E-state index contributed by atoms with van der Waals surface area (Å²) in [6, 6.07) is 12.0. The van der Waals surface area contributed by atoms with Crippen LogP contribution in [0, 0.1) is 0 Å². The Labute approximate surface area is 134 Å². The van der Waals surface area contributed by atoms with Gasteiger partial charge in [0.2, 0.25) is 0 Å². The van der Waals surface area contributed by atoms with Crippen molar-refractivity contribution in [3.63, 3.8) is 0 Å². The first-order chi connectivity index (χ1) is 9.95. The number of thiophene rings is 1. The summed E-state index contributed by atoms with van der Waals surface area (Å²) in [5, 5.41) is -0.195. The Hall–Kier alpha value is -1.19. The molecule has 2 atom stereocenters. The van der Waals surface area contributed by atoms with E-state index in [2.05, 4.69) is 32.9 Å². The van der Waals surface area contributed by atoms with Crippen LogP contribution < -0.4 is 9.47 Å². The lowest BCUT2D eigenvalue weighted by atomic mass is 9.95. The second-order valence-electron chi connectivity index (χ2n) is 6.27. The molecule has 3 rings (SSSR count). The van der Waals surface area contributed by atoms with Crippen molar-refractivity contribution < 1.29 is 9.47 Å². The van der Waals surface area contributed by atoms with Crippen LogP contribution >= 0.6 is 22.9 Å². The first-order valence-corrected chi connectivity index (χ1v) is 8.33. The van der Waals surface area contributed by atoms with Crippen molar-refractivity contribution in [1.82, 2.24) is 0 Å². The van der Waals surface area contributed by atoms with Gasteiger partial charge in [0.05, 0.1) is 0 Å². The Kier molecular flexibility index (Phi) is 3.89. The molecule has 0 radical (unpaired) electrons. The maximum Gasteiger partial charge on any atom is 0.161 e. The molecule has 0 spiro atoms. The van der Waals surface area contributed by atoms with Crippen LogP contribution in [-0.2, 0) is 5.41 Å². The van der Waals surface area contributed by atoms with Gasteiger partial charge >= 0.3 is 0 Å². The van der Waals surface area contributed by atoms with Gasteiger partial charge in [0.15, 0.2) is 17.6 Å². The van der Waals surface area contributed by atoms with Crippen LogP contribution in [0.25, 0.3) is 0 Å². The summed E-state index contributed by atoms with van der Waals surface area (Å²) in [6.45, 7) is 7.11. The molecule has 1 aliphatic rings. The molecule has 112 valence electrons. The van der Waals surface area contributed by atoms with Gasteiger partial charge in [0.1, 0.15) is 12.0 Å². The van der Waals surface area contributed by atoms with E-state index in [1.165, 1.54) is 4.88 Å². The fourth-order valence-corrected chi connectivity index (χ4v) is 3.69. The number of ether oxygens (including phenoxy) is 2. The van der Waals surface area contributed by atoms with E-state index in [1.54, 1.807) is 11.3 Å². The summed E-state index contributed by atoms with van der Waals surface area (Å²) in [5.41, 5.74) is 0.149. The maximum absolute atomic E-state index is 6.62. The van der Waals surface area contributed by atoms with E-state index in [1.807, 2.05) is 24.3 Å². The van der Waals surface area contributed by atoms with Crippen molar-refractivity contribution >= 4 is 22.9 Å². The van der Waals surface area contributed by atoms with Gasteiger partial charge in [0, 0.05) is 9.75 Å². The Morgan fingerprint density at radius 2 is 1.86 bits per heavy atom. The Balaban J connectivity index is 1.77. The third-order valence-electron chi connectivity index (χ3n) is 3.49. The predicted octanol–water partition coefficient (Wildman–Crippen LogP) is 5.17. The van der Waals surface area contributed by atoms with Crippen LogP contribution in [0.1, 0.15) is 35.9 Å². The van der Waals surface area contributed by atoms with Gasteiger partial charge < -0.3 is 9.47 Å². The zero-order valence-electron chi connectivity index (χ0n) is 12.4. The number of benzene rings is 1. The highest BCUT2D eigenvalue weighted by Crippen LogP contribution is 2.40. The molecule has 0 amide bonds. The lowest BCUT2D eigenvalue weighted by Crippen LogP contribution is -2.32. The molecule has 2 aromatic rings.